The fourth-order valence-electron chi connectivity index (χ4n) is 0.846. The normalized spacial score (nSPS) is 10.8. The van der Waals surface area contributed by atoms with Crippen LogP contribution in [0.15, 0.2) is 10.9 Å². The number of pyridine rings is 1. The van der Waals surface area contributed by atoms with Crippen molar-refractivity contribution in [3.8, 4) is 0 Å². The Morgan fingerprint density at radius 2 is 2.23 bits per heavy atom. The molecule has 2 N–H and O–H groups in total. The van der Waals surface area contributed by atoms with Gasteiger partial charge in [0.1, 0.15) is 5.15 Å². The zero-order chi connectivity index (χ0) is 10.0. The molecule has 0 atom stereocenters. The van der Waals surface area contributed by atoms with Gasteiger partial charge in [0.15, 0.2) is 0 Å². The molecule has 1 aromatic rings. The molecule has 0 radical (unpaired) electrons. The third kappa shape index (κ3) is 2.05. The summed E-state index contributed by atoms with van der Waals surface area (Å²) in [7, 11) is 0. The van der Waals surface area contributed by atoms with Crippen LogP contribution in [0.3, 0.4) is 0 Å². The van der Waals surface area contributed by atoms with Gasteiger partial charge in [0, 0.05) is 5.56 Å². The van der Waals surface area contributed by atoms with Gasteiger partial charge < -0.3 is 10.1 Å². The van der Waals surface area contributed by atoms with Crippen LogP contribution in [-0.4, -0.2) is 10.1 Å². The Balaban J connectivity index is 3.31. The average Bonchev–Trinajstić information content (AvgIpc) is 2.03. The van der Waals surface area contributed by atoms with Crippen LogP contribution in [-0.2, 0) is 6.61 Å². The predicted molar refractivity (Wildman–Crippen MR) is 43.0 cm³/mol. The van der Waals surface area contributed by atoms with Crippen molar-refractivity contribution in [3.63, 3.8) is 0 Å². The maximum atomic E-state index is 12.1. The maximum Gasteiger partial charge on any atom is 0.269 e. The van der Waals surface area contributed by atoms with Gasteiger partial charge in [-0.1, -0.05) is 11.6 Å². The predicted octanol–water partition coefficient (Wildman–Crippen LogP) is 1.46. The highest BCUT2D eigenvalue weighted by atomic mass is 35.5. The Kier molecular flexibility index (Phi) is 3.00. The van der Waals surface area contributed by atoms with E-state index in [4.69, 9.17) is 16.7 Å². The largest absolute Gasteiger partial charge is 0.392 e. The number of aromatic nitrogens is 1. The van der Waals surface area contributed by atoms with Crippen LogP contribution in [0.4, 0.5) is 8.78 Å². The first kappa shape index (κ1) is 10.1. The van der Waals surface area contributed by atoms with Gasteiger partial charge in [-0.15, -0.1) is 0 Å². The van der Waals surface area contributed by atoms with Gasteiger partial charge in [0.05, 0.1) is 12.2 Å². The second-order valence-electron chi connectivity index (χ2n) is 2.35. The standard InChI is InChI=1S/C7H6ClF2NO2/c8-5-3(2-12)1-4(6(9)10)7(13)11-5/h1,6,12H,2H2,(H,11,13). The van der Waals surface area contributed by atoms with Gasteiger partial charge in [0.2, 0.25) is 0 Å². The summed E-state index contributed by atoms with van der Waals surface area (Å²) >= 11 is 5.45. The topological polar surface area (TPSA) is 53.1 Å². The molecular formula is C7H6ClF2NO2. The van der Waals surface area contributed by atoms with Crippen molar-refractivity contribution < 1.29 is 13.9 Å². The second-order valence-corrected chi connectivity index (χ2v) is 2.73. The molecule has 0 unspecified atom stereocenters. The summed E-state index contributed by atoms with van der Waals surface area (Å²) in [5.41, 5.74) is -1.54. The van der Waals surface area contributed by atoms with Crippen molar-refractivity contribution >= 4 is 11.6 Å². The van der Waals surface area contributed by atoms with Crippen LogP contribution in [0.1, 0.15) is 17.6 Å². The van der Waals surface area contributed by atoms with Crippen molar-refractivity contribution in [2.75, 3.05) is 0 Å². The lowest BCUT2D eigenvalue weighted by atomic mass is 10.2. The summed E-state index contributed by atoms with van der Waals surface area (Å²) in [6.07, 6.45) is -2.87. The first-order valence-corrected chi connectivity index (χ1v) is 3.74. The minimum absolute atomic E-state index is 0.0802. The van der Waals surface area contributed by atoms with Gasteiger partial charge in [-0.25, -0.2) is 8.78 Å². The molecule has 6 heteroatoms. The second kappa shape index (κ2) is 3.85. The molecule has 0 aliphatic rings. The van der Waals surface area contributed by atoms with E-state index in [9.17, 15) is 13.6 Å². The fourth-order valence-corrected chi connectivity index (χ4v) is 1.05. The molecular weight excluding hydrogens is 204 g/mol. The van der Waals surface area contributed by atoms with Crippen molar-refractivity contribution in [2.45, 2.75) is 13.0 Å². The SMILES string of the molecule is O=c1[nH]c(Cl)c(CO)cc1C(F)F. The number of hydrogen-bond acceptors (Lipinski definition) is 2. The van der Waals surface area contributed by atoms with E-state index in [1.807, 2.05) is 4.98 Å². The van der Waals surface area contributed by atoms with E-state index < -0.39 is 24.2 Å². The summed E-state index contributed by atoms with van der Waals surface area (Å²) < 4.78 is 24.3. The number of nitrogens with one attached hydrogen (secondary N) is 1. The summed E-state index contributed by atoms with van der Waals surface area (Å²) in [4.78, 5) is 12.9. The Morgan fingerprint density at radius 3 is 2.69 bits per heavy atom. The van der Waals surface area contributed by atoms with E-state index in [2.05, 4.69) is 0 Å². The molecule has 0 saturated carbocycles. The number of aromatic amines is 1. The first-order chi connectivity index (χ1) is 6.06. The molecule has 3 nitrogen and oxygen atoms in total. The number of alkyl halides is 2. The fraction of sp³-hybridized carbons (Fsp3) is 0.286. The van der Waals surface area contributed by atoms with Crippen LogP contribution in [0, 0.1) is 0 Å². The van der Waals surface area contributed by atoms with E-state index in [1.54, 1.807) is 0 Å². The average molecular weight is 210 g/mol. The number of halogens is 3. The molecule has 1 aromatic heterocycles. The lowest BCUT2D eigenvalue weighted by Gasteiger charge is -2.03. The number of aliphatic hydroxyl groups excluding tert-OH is 1. The third-order valence-corrected chi connectivity index (χ3v) is 1.84. The van der Waals surface area contributed by atoms with Gasteiger partial charge in [0.25, 0.3) is 12.0 Å². The number of H-pyrrole nitrogens is 1. The molecule has 1 rings (SSSR count). The van der Waals surface area contributed by atoms with Crippen molar-refractivity contribution in [1.29, 1.82) is 0 Å². The molecule has 1 heterocycles. The van der Waals surface area contributed by atoms with E-state index in [1.165, 1.54) is 0 Å². The van der Waals surface area contributed by atoms with E-state index in [0.29, 0.717) is 0 Å². The van der Waals surface area contributed by atoms with Gasteiger partial charge >= 0.3 is 0 Å². The zero-order valence-electron chi connectivity index (χ0n) is 6.35. The van der Waals surface area contributed by atoms with Crippen LogP contribution in [0.2, 0.25) is 5.15 Å². The third-order valence-electron chi connectivity index (χ3n) is 1.50. The Hall–Kier alpha value is -0.940. The van der Waals surface area contributed by atoms with Gasteiger partial charge in [-0.2, -0.15) is 0 Å². The summed E-state index contributed by atoms with van der Waals surface area (Å²) in [5.74, 6) is 0. The molecule has 0 amide bonds. The quantitative estimate of drug-likeness (QED) is 0.725. The van der Waals surface area contributed by atoms with Gasteiger partial charge in [-0.3, -0.25) is 4.79 Å². The number of hydrogen-bond donors (Lipinski definition) is 2. The lowest BCUT2D eigenvalue weighted by molar-refractivity contribution is 0.149. The highest BCUT2D eigenvalue weighted by Gasteiger charge is 2.14. The lowest BCUT2D eigenvalue weighted by Crippen LogP contribution is -2.14. The summed E-state index contributed by atoms with van der Waals surface area (Å²) in [6.45, 7) is -0.491. The van der Waals surface area contributed by atoms with Crippen molar-refractivity contribution in [2.24, 2.45) is 0 Å². The van der Waals surface area contributed by atoms with Crippen LogP contribution >= 0.6 is 11.6 Å². The monoisotopic (exact) mass is 209 g/mol. The molecule has 0 aliphatic carbocycles. The molecule has 72 valence electrons. The molecule has 0 saturated heterocycles. The molecule has 0 aromatic carbocycles. The minimum atomic E-state index is -2.87. The summed E-state index contributed by atoms with van der Waals surface area (Å²) in [5, 5.41) is 8.55. The Bertz CT molecular complexity index is 364. The Labute approximate surface area is 77.0 Å². The molecule has 0 fully saturated rings. The molecule has 0 aliphatic heterocycles. The molecule has 0 spiro atoms. The van der Waals surface area contributed by atoms with Crippen LogP contribution < -0.4 is 5.56 Å². The van der Waals surface area contributed by atoms with E-state index in [-0.39, 0.29) is 10.7 Å². The summed E-state index contributed by atoms with van der Waals surface area (Å²) in [6, 6.07) is 0.895. The van der Waals surface area contributed by atoms with E-state index >= 15 is 0 Å². The number of aliphatic hydroxyl groups is 1. The van der Waals surface area contributed by atoms with Crippen LogP contribution in [0.25, 0.3) is 0 Å². The maximum absolute atomic E-state index is 12.1. The van der Waals surface area contributed by atoms with E-state index in [0.717, 1.165) is 6.07 Å². The van der Waals surface area contributed by atoms with Crippen molar-refractivity contribution in [3.05, 3.63) is 32.7 Å². The van der Waals surface area contributed by atoms with Gasteiger partial charge in [-0.05, 0) is 6.07 Å². The number of rotatable bonds is 2. The highest BCUT2D eigenvalue weighted by Crippen LogP contribution is 2.18. The first-order valence-electron chi connectivity index (χ1n) is 3.37. The highest BCUT2D eigenvalue weighted by molar-refractivity contribution is 6.30. The zero-order valence-corrected chi connectivity index (χ0v) is 7.11. The van der Waals surface area contributed by atoms with Crippen LogP contribution in [0.5, 0.6) is 0 Å². The molecule has 0 bridgehead atoms. The Morgan fingerprint density at radius 1 is 1.62 bits per heavy atom. The minimum Gasteiger partial charge on any atom is -0.392 e. The molecule has 13 heavy (non-hydrogen) atoms. The smallest absolute Gasteiger partial charge is 0.269 e. The van der Waals surface area contributed by atoms with Crippen molar-refractivity contribution in [1.82, 2.24) is 4.98 Å².